The van der Waals surface area contributed by atoms with E-state index in [4.69, 9.17) is 11.1 Å². The van der Waals surface area contributed by atoms with Crippen LogP contribution in [0, 0.1) is 5.41 Å². The van der Waals surface area contributed by atoms with Gasteiger partial charge in [0.15, 0.2) is 0 Å². The molecule has 0 aliphatic carbocycles. The second-order valence-electron chi connectivity index (χ2n) is 4.04. The molecule has 0 radical (unpaired) electrons. The van der Waals surface area contributed by atoms with Crippen molar-refractivity contribution in [3.8, 4) is 0 Å². The van der Waals surface area contributed by atoms with Gasteiger partial charge in [0.1, 0.15) is 10.9 Å². The normalized spacial score (nSPS) is 11.4. The van der Waals surface area contributed by atoms with E-state index >= 15 is 0 Å². The van der Waals surface area contributed by atoms with Crippen LogP contribution in [0.15, 0.2) is 50.9 Å². The number of nitrogens with zero attached hydrogens (tertiary/aromatic N) is 1. The molecule has 3 N–H and O–H groups in total. The minimum Gasteiger partial charge on any atom is -0.384 e. The molecule has 0 unspecified atom stereocenters. The summed E-state index contributed by atoms with van der Waals surface area (Å²) in [5.41, 5.74) is 5.18. The summed E-state index contributed by atoms with van der Waals surface area (Å²) in [5, 5.41) is 7.82. The zero-order valence-electron chi connectivity index (χ0n) is 10.4. The number of hydrogen-bond donors (Lipinski definition) is 2. The molecule has 8 heteroatoms. The summed E-state index contributed by atoms with van der Waals surface area (Å²) in [4.78, 5) is 4.57. The Balaban J connectivity index is 2.19. The van der Waals surface area contributed by atoms with Crippen molar-refractivity contribution in [2.45, 2.75) is 16.1 Å². The van der Waals surface area contributed by atoms with Crippen LogP contribution in [0.3, 0.4) is 0 Å². The first-order valence-corrected chi connectivity index (χ1v) is 7.23. The molecule has 110 valence electrons. The van der Waals surface area contributed by atoms with Crippen LogP contribution in [-0.2, 0) is 6.18 Å². The van der Waals surface area contributed by atoms with Gasteiger partial charge in [-0.25, -0.2) is 4.98 Å². The summed E-state index contributed by atoms with van der Waals surface area (Å²) in [6, 6.07) is 7.44. The smallest absolute Gasteiger partial charge is 0.384 e. The fourth-order valence-corrected chi connectivity index (χ4v) is 3.05. The van der Waals surface area contributed by atoms with Crippen molar-refractivity contribution in [3.63, 3.8) is 0 Å². The van der Waals surface area contributed by atoms with E-state index < -0.39 is 11.7 Å². The van der Waals surface area contributed by atoms with Crippen molar-refractivity contribution in [1.82, 2.24) is 4.98 Å². The van der Waals surface area contributed by atoms with Crippen molar-refractivity contribution < 1.29 is 13.2 Å². The number of halogens is 4. The molecule has 1 aromatic heterocycles. The number of nitrogens with one attached hydrogen (secondary N) is 1. The summed E-state index contributed by atoms with van der Waals surface area (Å²) in [6.07, 6.45) is -3.58. The molecule has 0 fully saturated rings. The first-order chi connectivity index (χ1) is 9.77. The Morgan fingerprint density at radius 3 is 2.43 bits per heavy atom. The van der Waals surface area contributed by atoms with E-state index in [1.165, 1.54) is 17.8 Å². The van der Waals surface area contributed by atoms with Gasteiger partial charge in [0, 0.05) is 21.1 Å². The van der Waals surface area contributed by atoms with E-state index in [0.29, 0.717) is 15.1 Å². The Morgan fingerprint density at radius 2 is 1.95 bits per heavy atom. The largest absolute Gasteiger partial charge is 0.417 e. The van der Waals surface area contributed by atoms with Gasteiger partial charge in [0.05, 0.1) is 5.56 Å². The Bertz CT molecular complexity index is 671. The Hall–Kier alpha value is -1.54. The van der Waals surface area contributed by atoms with Crippen molar-refractivity contribution >= 4 is 33.5 Å². The summed E-state index contributed by atoms with van der Waals surface area (Å²) in [5.74, 6) is -0.0638. The molecule has 2 rings (SSSR count). The number of aromatic nitrogens is 1. The molecule has 0 amide bonds. The fraction of sp³-hybridized carbons (Fsp3) is 0.0769. The van der Waals surface area contributed by atoms with Crippen LogP contribution in [0.5, 0.6) is 0 Å². The van der Waals surface area contributed by atoms with Crippen LogP contribution in [0.4, 0.5) is 13.2 Å². The number of pyridine rings is 1. The summed E-state index contributed by atoms with van der Waals surface area (Å²) < 4.78 is 37.9. The number of nitrogen functional groups attached to an aromatic ring is 1. The van der Waals surface area contributed by atoms with Crippen molar-refractivity contribution in [2.75, 3.05) is 0 Å². The van der Waals surface area contributed by atoms with Gasteiger partial charge in [-0.05, 0) is 46.3 Å². The van der Waals surface area contributed by atoms with E-state index in [1.54, 1.807) is 18.2 Å². The average Bonchev–Trinajstić information content (AvgIpc) is 2.38. The van der Waals surface area contributed by atoms with Gasteiger partial charge in [0.2, 0.25) is 0 Å². The van der Waals surface area contributed by atoms with Gasteiger partial charge in [-0.1, -0.05) is 11.8 Å². The number of nitrogens with two attached hydrogens (primary N) is 1. The maximum absolute atomic E-state index is 12.4. The molecule has 0 saturated heterocycles. The molecule has 0 spiro atoms. The van der Waals surface area contributed by atoms with E-state index in [9.17, 15) is 13.2 Å². The minimum absolute atomic E-state index is 0.0638. The zero-order valence-corrected chi connectivity index (χ0v) is 12.8. The summed E-state index contributed by atoms with van der Waals surface area (Å²) in [6.45, 7) is 0. The number of benzene rings is 1. The highest BCUT2D eigenvalue weighted by Gasteiger charge is 2.30. The lowest BCUT2D eigenvalue weighted by molar-refractivity contribution is -0.137. The lowest BCUT2D eigenvalue weighted by Crippen LogP contribution is -2.11. The van der Waals surface area contributed by atoms with Crippen LogP contribution in [0.25, 0.3) is 0 Å². The van der Waals surface area contributed by atoms with Gasteiger partial charge < -0.3 is 5.73 Å². The molecule has 0 aliphatic heterocycles. The predicted molar refractivity (Wildman–Crippen MR) is 78.5 cm³/mol. The third-order valence-corrected chi connectivity index (χ3v) is 4.11. The fourth-order valence-electron chi connectivity index (χ4n) is 1.51. The van der Waals surface area contributed by atoms with E-state index in [1.807, 2.05) is 0 Å². The standard InChI is InChI=1S/C13H9BrF3N3S/c14-10-5-8(2-3-9(10)12(18)19)21-11-4-1-7(6-20-11)13(15,16)17/h1-6H,(H3,18,19). The van der Waals surface area contributed by atoms with E-state index in [-0.39, 0.29) is 5.84 Å². The molecular weight excluding hydrogens is 367 g/mol. The summed E-state index contributed by atoms with van der Waals surface area (Å²) in [7, 11) is 0. The molecule has 21 heavy (non-hydrogen) atoms. The van der Waals surface area contributed by atoms with Gasteiger partial charge in [0.25, 0.3) is 0 Å². The molecule has 0 atom stereocenters. The first-order valence-electron chi connectivity index (χ1n) is 5.62. The van der Waals surface area contributed by atoms with E-state index in [2.05, 4.69) is 20.9 Å². The number of alkyl halides is 3. The predicted octanol–water partition coefficient (Wildman–Crippen LogP) is 4.30. The van der Waals surface area contributed by atoms with Crippen LogP contribution in [0.2, 0.25) is 0 Å². The topological polar surface area (TPSA) is 62.8 Å². The quantitative estimate of drug-likeness (QED) is 0.620. The highest BCUT2D eigenvalue weighted by atomic mass is 79.9. The second kappa shape index (κ2) is 6.07. The molecule has 3 nitrogen and oxygen atoms in total. The van der Waals surface area contributed by atoms with Crippen molar-refractivity contribution in [2.24, 2.45) is 5.73 Å². The highest BCUT2D eigenvalue weighted by Crippen LogP contribution is 2.32. The number of amidine groups is 1. The summed E-state index contributed by atoms with van der Waals surface area (Å²) >= 11 is 4.52. The Labute approximate surface area is 131 Å². The van der Waals surface area contributed by atoms with Gasteiger partial charge in [-0.2, -0.15) is 13.2 Å². The van der Waals surface area contributed by atoms with Crippen molar-refractivity contribution in [3.05, 3.63) is 52.1 Å². The Morgan fingerprint density at radius 1 is 1.24 bits per heavy atom. The van der Waals surface area contributed by atoms with Gasteiger partial charge in [-0.15, -0.1) is 0 Å². The third kappa shape index (κ3) is 3.98. The van der Waals surface area contributed by atoms with Crippen LogP contribution in [0.1, 0.15) is 11.1 Å². The van der Waals surface area contributed by atoms with E-state index in [0.717, 1.165) is 17.2 Å². The maximum Gasteiger partial charge on any atom is 0.417 e. The Kier molecular flexibility index (Phi) is 4.58. The molecule has 1 aromatic carbocycles. The average molecular weight is 376 g/mol. The highest BCUT2D eigenvalue weighted by molar-refractivity contribution is 9.10. The molecule has 0 aliphatic rings. The molecular formula is C13H9BrF3N3S. The van der Waals surface area contributed by atoms with Crippen LogP contribution in [-0.4, -0.2) is 10.8 Å². The second-order valence-corrected chi connectivity index (χ2v) is 5.99. The van der Waals surface area contributed by atoms with Crippen molar-refractivity contribution in [1.29, 1.82) is 5.41 Å². The molecule has 2 aromatic rings. The lowest BCUT2D eigenvalue weighted by Gasteiger charge is -2.08. The maximum atomic E-state index is 12.4. The van der Waals surface area contributed by atoms with Crippen LogP contribution >= 0.6 is 27.7 Å². The number of hydrogen-bond acceptors (Lipinski definition) is 3. The minimum atomic E-state index is -4.39. The van der Waals surface area contributed by atoms with Gasteiger partial charge in [-0.3, -0.25) is 5.41 Å². The zero-order chi connectivity index (χ0) is 15.6. The molecule has 0 saturated carbocycles. The first kappa shape index (κ1) is 15.8. The lowest BCUT2D eigenvalue weighted by atomic mass is 10.2. The SMILES string of the molecule is N=C(N)c1ccc(Sc2ccc(C(F)(F)F)cn2)cc1Br. The third-order valence-electron chi connectivity index (χ3n) is 2.52. The van der Waals surface area contributed by atoms with Gasteiger partial charge >= 0.3 is 6.18 Å². The molecule has 0 bridgehead atoms. The molecule has 1 heterocycles. The number of rotatable bonds is 3. The monoisotopic (exact) mass is 375 g/mol. The van der Waals surface area contributed by atoms with Crippen LogP contribution < -0.4 is 5.73 Å².